The van der Waals surface area contributed by atoms with Gasteiger partial charge in [-0.3, -0.25) is 4.90 Å². The molecule has 0 spiro atoms. The second-order valence-corrected chi connectivity index (χ2v) is 4.73. The molecule has 0 aromatic carbocycles. The largest absolute Gasteiger partial charge is 0.297 e. The third-order valence-corrected chi connectivity index (χ3v) is 3.94. The van der Waals surface area contributed by atoms with Crippen LogP contribution in [0.3, 0.4) is 0 Å². The standard InChI is InChI=1S/C12H23N/c1-2-11-8-6-9-12-7-4-3-5-10-13(11)12/h11-12H,2-10H2,1H3. The zero-order valence-corrected chi connectivity index (χ0v) is 8.97. The van der Waals surface area contributed by atoms with Crippen molar-refractivity contribution < 1.29 is 0 Å². The van der Waals surface area contributed by atoms with Gasteiger partial charge in [-0.15, -0.1) is 0 Å². The molecule has 2 saturated heterocycles. The molecule has 2 fully saturated rings. The first kappa shape index (κ1) is 9.51. The molecule has 0 radical (unpaired) electrons. The molecule has 0 amide bonds. The quantitative estimate of drug-likeness (QED) is 0.600. The molecule has 0 aliphatic carbocycles. The summed E-state index contributed by atoms with van der Waals surface area (Å²) in [6.07, 6.45) is 11.7. The number of nitrogens with zero attached hydrogens (tertiary/aromatic N) is 1. The lowest BCUT2D eigenvalue weighted by Gasteiger charge is -2.41. The first-order valence-corrected chi connectivity index (χ1v) is 6.17. The average molecular weight is 181 g/mol. The zero-order chi connectivity index (χ0) is 9.10. The molecule has 1 heteroatoms. The van der Waals surface area contributed by atoms with Gasteiger partial charge in [0.25, 0.3) is 0 Å². The smallest absolute Gasteiger partial charge is 0.00982 e. The van der Waals surface area contributed by atoms with Crippen molar-refractivity contribution in [3.8, 4) is 0 Å². The van der Waals surface area contributed by atoms with Crippen LogP contribution in [0, 0.1) is 0 Å². The van der Waals surface area contributed by atoms with Crippen LogP contribution in [-0.2, 0) is 0 Å². The fraction of sp³-hybridized carbons (Fsp3) is 1.00. The molecule has 2 atom stereocenters. The summed E-state index contributed by atoms with van der Waals surface area (Å²) in [4.78, 5) is 2.83. The Labute approximate surface area is 82.5 Å². The van der Waals surface area contributed by atoms with Crippen molar-refractivity contribution in [2.45, 2.75) is 70.4 Å². The van der Waals surface area contributed by atoms with E-state index in [-0.39, 0.29) is 0 Å². The average Bonchev–Trinajstić information content (AvgIpc) is 2.41. The second-order valence-electron chi connectivity index (χ2n) is 4.73. The van der Waals surface area contributed by atoms with Crippen molar-refractivity contribution in [3.05, 3.63) is 0 Å². The van der Waals surface area contributed by atoms with Gasteiger partial charge in [0, 0.05) is 12.1 Å². The molecule has 2 unspecified atom stereocenters. The van der Waals surface area contributed by atoms with Gasteiger partial charge >= 0.3 is 0 Å². The van der Waals surface area contributed by atoms with E-state index in [1.54, 1.807) is 0 Å². The Morgan fingerprint density at radius 2 is 1.85 bits per heavy atom. The van der Waals surface area contributed by atoms with Crippen molar-refractivity contribution in [2.24, 2.45) is 0 Å². The van der Waals surface area contributed by atoms with Crippen LogP contribution in [0.1, 0.15) is 58.3 Å². The second kappa shape index (κ2) is 4.45. The summed E-state index contributed by atoms with van der Waals surface area (Å²) in [5.74, 6) is 0. The van der Waals surface area contributed by atoms with E-state index in [0.717, 1.165) is 12.1 Å². The van der Waals surface area contributed by atoms with E-state index in [9.17, 15) is 0 Å². The zero-order valence-electron chi connectivity index (χ0n) is 8.97. The van der Waals surface area contributed by atoms with E-state index in [1.807, 2.05) is 0 Å². The minimum Gasteiger partial charge on any atom is -0.297 e. The highest BCUT2D eigenvalue weighted by atomic mass is 15.2. The number of hydrogen-bond donors (Lipinski definition) is 0. The summed E-state index contributed by atoms with van der Waals surface area (Å²) in [7, 11) is 0. The lowest BCUT2D eigenvalue weighted by Crippen LogP contribution is -2.45. The Balaban J connectivity index is 2.00. The number of piperidine rings is 1. The van der Waals surface area contributed by atoms with Gasteiger partial charge in [-0.25, -0.2) is 0 Å². The summed E-state index contributed by atoms with van der Waals surface area (Å²) >= 11 is 0. The summed E-state index contributed by atoms with van der Waals surface area (Å²) < 4.78 is 0. The van der Waals surface area contributed by atoms with Crippen LogP contribution in [0.2, 0.25) is 0 Å². The molecular weight excluding hydrogens is 158 g/mol. The summed E-state index contributed by atoms with van der Waals surface area (Å²) in [6.45, 7) is 3.75. The summed E-state index contributed by atoms with van der Waals surface area (Å²) in [5, 5.41) is 0. The number of fused-ring (bicyclic) bond motifs is 1. The molecule has 2 aliphatic heterocycles. The lowest BCUT2D eigenvalue weighted by molar-refractivity contribution is 0.0833. The van der Waals surface area contributed by atoms with E-state index in [0.29, 0.717) is 0 Å². The van der Waals surface area contributed by atoms with Gasteiger partial charge in [0.2, 0.25) is 0 Å². The molecule has 13 heavy (non-hydrogen) atoms. The van der Waals surface area contributed by atoms with E-state index in [1.165, 1.54) is 57.9 Å². The van der Waals surface area contributed by atoms with Gasteiger partial charge < -0.3 is 0 Å². The Morgan fingerprint density at radius 3 is 2.69 bits per heavy atom. The Kier molecular flexibility index (Phi) is 3.26. The molecule has 2 heterocycles. The lowest BCUT2D eigenvalue weighted by atomic mass is 9.92. The fourth-order valence-corrected chi connectivity index (χ4v) is 3.18. The first-order valence-electron chi connectivity index (χ1n) is 6.17. The Morgan fingerprint density at radius 1 is 1.00 bits per heavy atom. The predicted octanol–water partition coefficient (Wildman–Crippen LogP) is 3.19. The van der Waals surface area contributed by atoms with Gasteiger partial charge in [0.05, 0.1) is 0 Å². The van der Waals surface area contributed by atoms with Crippen molar-refractivity contribution >= 4 is 0 Å². The van der Waals surface area contributed by atoms with E-state index < -0.39 is 0 Å². The van der Waals surface area contributed by atoms with Crippen molar-refractivity contribution in [3.63, 3.8) is 0 Å². The van der Waals surface area contributed by atoms with Crippen LogP contribution < -0.4 is 0 Å². The first-order chi connectivity index (χ1) is 6.42. The highest BCUT2D eigenvalue weighted by molar-refractivity contribution is 4.85. The molecule has 0 saturated carbocycles. The van der Waals surface area contributed by atoms with Crippen LogP contribution in [-0.4, -0.2) is 23.5 Å². The van der Waals surface area contributed by atoms with Crippen molar-refractivity contribution in [1.29, 1.82) is 0 Å². The van der Waals surface area contributed by atoms with Crippen LogP contribution in [0.5, 0.6) is 0 Å². The van der Waals surface area contributed by atoms with Gasteiger partial charge in [-0.05, 0) is 38.6 Å². The van der Waals surface area contributed by atoms with E-state index in [2.05, 4.69) is 11.8 Å². The van der Waals surface area contributed by atoms with Gasteiger partial charge in [-0.1, -0.05) is 26.2 Å². The SMILES string of the molecule is CCC1CCCC2CCCCCN12. The third kappa shape index (κ3) is 2.07. The van der Waals surface area contributed by atoms with E-state index in [4.69, 9.17) is 0 Å². The van der Waals surface area contributed by atoms with Crippen LogP contribution in [0.25, 0.3) is 0 Å². The van der Waals surface area contributed by atoms with Crippen LogP contribution >= 0.6 is 0 Å². The molecule has 2 aliphatic rings. The Bertz CT molecular complexity index is 155. The highest BCUT2D eigenvalue weighted by Gasteiger charge is 2.29. The fourth-order valence-electron chi connectivity index (χ4n) is 3.18. The van der Waals surface area contributed by atoms with Crippen molar-refractivity contribution in [1.82, 2.24) is 4.90 Å². The molecule has 2 rings (SSSR count). The molecule has 0 aromatic rings. The summed E-state index contributed by atoms with van der Waals surface area (Å²) in [6, 6.07) is 1.89. The van der Waals surface area contributed by atoms with Crippen LogP contribution in [0.4, 0.5) is 0 Å². The Hall–Kier alpha value is -0.0400. The summed E-state index contributed by atoms with van der Waals surface area (Å²) in [5.41, 5.74) is 0. The molecule has 76 valence electrons. The maximum atomic E-state index is 2.83. The monoisotopic (exact) mass is 181 g/mol. The maximum Gasteiger partial charge on any atom is 0.00982 e. The van der Waals surface area contributed by atoms with Crippen LogP contribution in [0.15, 0.2) is 0 Å². The molecular formula is C12H23N. The minimum absolute atomic E-state index is 0.928. The van der Waals surface area contributed by atoms with Gasteiger partial charge in [0.1, 0.15) is 0 Å². The third-order valence-electron chi connectivity index (χ3n) is 3.94. The highest BCUT2D eigenvalue weighted by Crippen LogP contribution is 2.30. The maximum absolute atomic E-state index is 2.83. The normalized spacial score (nSPS) is 36.7. The van der Waals surface area contributed by atoms with Gasteiger partial charge in [0.15, 0.2) is 0 Å². The minimum atomic E-state index is 0.928. The predicted molar refractivity (Wildman–Crippen MR) is 56.9 cm³/mol. The topological polar surface area (TPSA) is 3.24 Å². The molecule has 1 nitrogen and oxygen atoms in total. The van der Waals surface area contributed by atoms with Crippen molar-refractivity contribution in [2.75, 3.05) is 6.54 Å². The molecule has 0 N–H and O–H groups in total. The number of rotatable bonds is 1. The van der Waals surface area contributed by atoms with Gasteiger partial charge in [-0.2, -0.15) is 0 Å². The molecule has 0 aromatic heterocycles. The number of hydrogen-bond acceptors (Lipinski definition) is 1. The van der Waals surface area contributed by atoms with E-state index >= 15 is 0 Å². The molecule has 0 bridgehead atoms.